The molecule has 5 heteroatoms. The van der Waals surface area contributed by atoms with E-state index in [4.69, 9.17) is 16.3 Å². The summed E-state index contributed by atoms with van der Waals surface area (Å²) >= 11 is 5.85. The van der Waals surface area contributed by atoms with E-state index in [0.717, 1.165) is 11.1 Å². The number of hydrogen-bond acceptors (Lipinski definition) is 2. The van der Waals surface area contributed by atoms with Crippen molar-refractivity contribution in [2.24, 2.45) is 0 Å². The minimum Gasteiger partial charge on any atom is -0.472 e. The molecule has 2 nitrogen and oxygen atoms in total. The molecular weight excluding hydrogens is 284 g/mol. The molecule has 0 bridgehead atoms. The average Bonchev–Trinajstić information content (AvgIpc) is 2.46. The van der Waals surface area contributed by atoms with Gasteiger partial charge in [-0.1, -0.05) is 36.7 Å². The Labute approximate surface area is 121 Å². The fourth-order valence-electron chi connectivity index (χ4n) is 1.83. The van der Waals surface area contributed by atoms with Crippen molar-refractivity contribution in [1.29, 1.82) is 0 Å². The molecule has 0 N–H and O–H groups in total. The first-order chi connectivity index (χ1) is 9.56. The highest BCUT2D eigenvalue weighted by molar-refractivity contribution is 6.30. The summed E-state index contributed by atoms with van der Waals surface area (Å²) in [5.74, 6) is 0.348. The fraction of sp³-hybridized carbons (Fsp3) is 0.267. The number of alkyl halides is 2. The van der Waals surface area contributed by atoms with Gasteiger partial charge in [0.15, 0.2) is 6.61 Å². The molecule has 2 aromatic rings. The van der Waals surface area contributed by atoms with Crippen LogP contribution >= 0.6 is 11.6 Å². The van der Waals surface area contributed by atoms with Crippen LogP contribution in [0.15, 0.2) is 42.6 Å². The lowest BCUT2D eigenvalue weighted by molar-refractivity contribution is 0.0796. The smallest absolute Gasteiger partial charge is 0.272 e. The first-order valence-corrected chi connectivity index (χ1v) is 6.56. The lowest BCUT2D eigenvalue weighted by Crippen LogP contribution is -2.08. The standard InChI is InChI=1S/C15H14ClF2NO/c1-10(11-2-5-13(16)6-3-11)12-4-7-15(19-8-12)20-9-14(17)18/h2-8,10,14H,9H2,1H3. The molecule has 0 saturated heterocycles. The molecule has 106 valence electrons. The predicted molar refractivity (Wildman–Crippen MR) is 74.7 cm³/mol. The number of aromatic nitrogens is 1. The highest BCUT2D eigenvalue weighted by Gasteiger charge is 2.10. The van der Waals surface area contributed by atoms with E-state index < -0.39 is 13.0 Å². The molecule has 0 aliphatic carbocycles. The normalized spacial score (nSPS) is 12.4. The highest BCUT2D eigenvalue weighted by atomic mass is 35.5. The van der Waals surface area contributed by atoms with Gasteiger partial charge in [-0.15, -0.1) is 0 Å². The molecule has 0 aliphatic rings. The Morgan fingerprint density at radius 1 is 1.10 bits per heavy atom. The number of pyridine rings is 1. The third-order valence-electron chi connectivity index (χ3n) is 2.99. The zero-order chi connectivity index (χ0) is 14.5. The minimum atomic E-state index is -2.50. The number of nitrogens with zero attached hydrogens (tertiary/aromatic N) is 1. The third-order valence-corrected chi connectivity index (χ3v) is 3.24. The lowest BCUT2D eigenvalue weighted by atomic mass is 9.95. The maximum atomic E-state index is 12.0. The molecule has 1 unspecified atom stereocenters. The van der Waals surface area contributed by atoms with Crippen LogP contribution in [0.2, 0.25) is 5.02 Å². The van der Waals surface area contributed by atoms with Crippen LogP contribution in [-0.2, 0) is 0 Å². The van der Waals surface area contributed by atoms with Gasteiger partial charge >= 0.3 is 0 Å². The zero-order valence-electron chi connectivity index (χ0n) is 10.9. The van der Waals surface area contributed by atoms with Gasteiger partial charge in [-0.2, -0.15) is 0 Å². The molecule has 1 heterocycles. The van der Waals surface area contributed by atoms with Crippen molar-refractivity contribution < 1.29 is 13.5 Å². The summed E-state index contributed by atoms with van der Waals surface area (Å²) in [6.07, 6.45) is -0.857. The van der Waals surface area contributed by atoms with Gasteiger partial charge in [0.05, 0.1) is 0 Å². The van der Waals surface area contributed by atoms with Crippen molar-refractivity contribution in [3.63, 3.8) is 0 Å². The second-order valence-corrected chi connectivity index (χ2v) is 4.84. The van der Waals surface area contributed by atoms with Crippen LogP contribution < -0.4 is 4.74 Å². The van der Waals surface area contributed by atoms with E-state index in [1.807, 2.05) is 37.3 Å². The van der Waals surface area contributed by atoms with E-state index >= 15 is 0 Å². The van der Waals surface area contributed by atoms with Crippen molar-refractivity contribution >= 4 is 11.6 Å². The number of rotatable bonds is 5. The predicted octanol–water partition coefficient (Wildman–Crippen LogP) is 4.53. The summed E-state index contributed by atoms with van der Waals surface area (Å²) in [5, 5.41) is 0.690. The lowest BCUT2D eigenvalue weighted by Gasteiger charge is -2.13. The van der Waals surface area contributed by atoms with Gasteiger partial charge in [-0.3, -0.25) is 0 Å². The van der Waals surface area contributed by atoms with Gasteiger partial charge in [-0.05, 0) is 23.3 Å². The fourth-order valence-corrected chi connectivity index (χ4v) is 1.95. The summed E-state index contributed by atoms with van der Waals surface area (Å²) in [6, 6.07) is 11.0. The molecule has 0 aliphatic heterocycles. The van der Waals surface area contributed by atoms with Crippen molar-refractivity contribution in [2.45, 2.75) is 19.3 Å². The Morgan fingerprint density at radius 3 is 2.30 bits per heavy atom. The van der Waals surface area contributed by atoms with E-state index in [9.17, 15) is 8.78 Å². The van der Waals surface area contributed by atoms with Gasteiger partial charge in [0.1, 0.15) is 0 Å². The molecule has 1 aromatic carbocycles. The van der Waals surface area contributed by atoms with Crippen molar-refractivity contribution in [3.8, 4) is 5.88 Å². The molecule has 1 atom stereocenters. The summed E-state index contributed by atoms with van der Waals surface area (Å²) in [5.41, 5.74) is 2.09. The number of hydrogen-bond donors (Lipinski definition) is 0. The number of benzene rings is 1. The van der Waals surface area contributed by atoms with Crippen molar-refractivity contribution in [2.75, 3.05) is 6.61 Å². The maximum Gasteiger partial charge on any atom is 0.272 e. The summed E-state index contributed by atoms with van der Waals surface area (Å²) in [4.78, 5) is 4.03. The quantitative estimate of drug-likeness (QED) is 0.809. The maximum absolute atomic E-state index is 12.0. The van der Waals surface area contributed by atoms with Gasteiger partial charge in [0.25, 0.3) is 6.43 Å². The molecule has 0 spiro atoms. The molecular formula is C15H14ClF2NO. The van der Waals surface area contributed by atoms with Crippen LogP contribution in [0, 0.1) is 0 Å². The van der Waals surface area contributed by atoms with Gasteiger partial charge in [-0.25, -0.2) is 13.8 Å². The molecule has 20 heavy (non-hydrogen) atoms. The summed E-state index contributed by atoms with van der Waals surface area (Å²) < 4.78 is 28.9. The van der Waals surface area contributed by atoms with Crippen LogP contribution in [0.25, 0.3) is 0 Å². The zero-order valence-corrected chi connectivity index (χ0v) is 11.6. The van der Waals surface area contributed by atoms with E-state index in [2.05, 4.69) is 4.98 Å². The minimum absolute atomic E-state index is 0.143. The monoisotopic (exact) mass is 297 g/mol. The van der Waals surface area contributed by atoms with Crippen LogP contribution in [0.1, 0.15) is 24.0 Å². The highest BCUT2D eigenvalue weighted by Crippen LogP contribution is 2.25. The van der Waals surface area contributed by atoms with Crippen molar-refractivity contribution in [3.05, 3.63) is 58.7 Å². The second kappa shape index (κ2) is 6.66. The molecule has 2 rings (SSSR count). The second-order valence-electron chi connectivity index (χ2n) is 4.41. The molecule has 1 aromatic heterocycles. The first kappa shape index (κ1) is 14.7. The topological polar surface area (TPSA) is 22.1 Å². The third kappa shape index (κ3) is 3.90. The van der Waals surface area contributed by atoms with Crippen LogP contribution in [0.4, 0.5) is 8.78 Å². The Balaban J connectivity index is 2.07. The Hall–Kier alpha value is -1.68. The first-order valence-electron chi connectivity index (χ1n) is 6.18. The Bertz CT molecular complexity index is 543. The van der Waals surface area contributed by atoms with Gasteiger partial charge in [0, 0.05) is 23.2 Å². The molecule has 0 fully saturated rings. The summed E-state index contributed by atoms with van der Waals surface area (Å²) in [7, 11) is 0. The van der Waals surface area contributed by atoms with Gasteiger partial charge < -0.3 is 4.74 Å². The Kier molecular flexibility index (Phi) is 4.90. The van der Waals surface area contributed by atoms with E-state index in [1.54, 1.807) is 12.3 Å². The van der Waals surface area contributed by atoms with E-state index in [-0.39, 0.29) is 11.8 Å². The van der Waals surface area contributed by atoms with Crippen LogP contribution in [-0.4, -0.2) is 18.0 Å². The number of halogens is 3. The molecule has 0 saturated carbocycles. The largest absolute Gasteiger partial charge is 0.472 e. The van der Waals surface area contributed by atoms with E-state index in [0.29, 0.717) is 5.02 Å². The molecule has 0 amide bonds. The van der Waals surface area contributed by atoms with Crippen molar-refractivity contribution in [1.82, 2.24) is 4.98 Å². The average molecular weight is 298 g/mol. The Morgan fingerprint density at radius 2 is 1.75 bits per heavy atom. The van der Waals surface area contributed by atoms with Crippen LogP contribution in [0.3, 0.4) is 0 Å². The van der Waals surface area contributed by atoms with Gasteiger partial charge in [0.2, 0.25) is 5.88 Å². The summed E-state index contributed by atoms with van der Waals surface area (Å²) in [6.45, 7) is 1.40. The van der Waals surface area contributed by atoms with Crippen LogP contribution in [0.5, 0.6) is 5.88 Å². The SMILES string of the molecule is CC(c1ccc(Cl)cc1)c1ccc(OCC(F)F)nc1. The van der Waals surface area contributed by atoms with E-state index in [1.165, 1.54) is 0 Å². The number of ether oxygens (including phenoxy) is 1. The molecule has 0 radical (unpaired) electrons.